The second kappa shape index (κ2) is 9.16. The van der Waals surface area contributed by atoms with Gasteiger partial charge in [0.1, 0.15) is 0 Å². The molecule has 2 aliphatic heterocycles. The van der Waals surface area contributed by atoms with Crippen molar-refractivity contribution < 1.29 is 9.90 Å². The third-order valence-electron chi connectivity index (χ3n) is 6.36. The van der Waals surface area contributed by atoms with Crippen LogP contribution in [0.2, 0.25) is 0 Å². The minimum atomic E-state index is -0.729. The van der Waals surface area contributed by atoms with Gasteiger partial charge in [-0.15, -0.1) is 0 Å². The Morgan fingerprint density at radius 2 is 1.90 bits per heavy atom. The minimum absolute atomic E-state index is 0.0243. The zero-order chi connectivity index (χ0) is 21.0. The van der Waals surface area contributed by atoms with Crippen LogP contribution in [0.1, 0.15) is 17.5 Å². The van der Waals surface area contributed by atoms with E-state index in [1.165, 1.54) is 11.3 Å². The van der Waals surface area contributed by atoms with Crippen LogP contribution in [0.5, 0.6) is 0 Å². The van der Waals surface area contributed by atoms with E-state index in [0.29, 0.717) is 19.5 Å². The van der Waals surface area contributed by atoms with E-state index >= 15 is 0 Å². The fourth-order valence-corrected chi connectivity index (χ4v) is 4.64. The van der Waals surface area contributed by atoms with Crippen LogP contribution < -0.4 is 15.5 Å². The van der Waals surface area contributed by atoms with Crippen molar-refractivity contribution in [3.63, 3.8) is 0 Å². The zero-order valence-electron chi connectivity index (χ0n) is 17.7. The molecule has 4 rings (SSSR count). The highest BCUT2D eigenvalue weighted by molar-refractivity contribution is 5.79. The van der Waals surface area contributed by atoms with E-state index < -0.39 is 11.6 Å². The summed E-state index contributed by atoms with van der Waals surface area (Å²) in [4.78, 5) is 17.6. The van der Waals surface area contributed by atoms with Crippen LogP contribution in [0, 0.1) is 6.92 Å². The van der Waals surface area contributed by atoms with Crippen LogP contribution in [0.25, 0.3) is 0 Å². The van der Waals surface area contributed by atoms with Crippen molar-refractivity contribution in [3.8, 4) is 0 Å². The lowest BCUT2D eigenvalue weighted by Gasteiger charge is -2.43. The summed E-state index contributed by atoms with van der Waals surface area (Å²) < 4.78 is 0. The van der Waals surface area contributed by atoms with Crippen molar-refractivity contribution in [2.24, 2.45) is 0 Å². The predicted octanol–water partition coefficient (Wildman–Crippen LogP) is 1.48. The molecule has 2 atom stereocenters. The fourth-order valence-electron chi connectivity index (χ4n) is 4.64. The summed E-state index contributed by atoms with van der Waals surface area (Å²) in [5.74, 6) is -0.0243. The van der Waals surface area contributed by atoms with Gasteiger partial charge in [0.05, 0.1) is 18.2 Å². The third kappa shape index (κ3) is 4.51. The Labute approximate surface area is 178 Å². The van der Waals surface area contributed by atoms with Gasteiger partial charge in [-0.25, -0.2) is 0 Å². The number of aryl methyl sites for hydroxylation is 1. The highest BCUT2D eigenvalue weighted by Crippen LogP contribution is 2.31. The Bertz CT molecular complexity index is 851. The van der Waals surface area contributed by atoms with Crippen LogP contribution in [0.4, 0.5) is 5.69 Å². The first-order valence-corrected chi connectivity index (χ1v) is 10.9. The van der Waals surface area contributed by atoms with Gasteiger partial charge >= 0.3 is 0 Å². The van der Waals surface area contributed by atoms with Crippen molar-refractivity contribution in [3.05, 3.63) is 65.7 Å². The number of piperidine rings is 1. The van der Waals surface area contributed by atoms with Crippen molar-refractivity contribution in [2.45, 2.75) is 25.0 Å². The number of rotatable bonds is 5. The molecule has 1 amide bonds. The maximum atomic E-state index is 13.0. The number of nitrogens with one attached hydrogen (secondary N) is 2. The van der Waals surface area contributed by atoms with Crippen molar-refractivity contribution in [1.29, 1.82) is 0 Å². The van der Waals surface area contributed by atoms with Crippen LogP contribution in [-0.2, 0) is 10.3 Å². The predicted molar refractivity (Wildman–Crippen MR) is 120 cm³/mol. The number of hydrogen-bond acceptors (Lipinski definition) is 5. The molecule has 2 aliphatic rings. The Morgan fingerprint density at radius 3 is 2.60 bits per heavy atom. The van der Waals surface area contributed by atoms with Crippen LogP contribution in [-0.4, -0.2) is 67.8 Å². The summed E-state index contributed by atoms with van der Waals surface area (Å²) in [5, 5.41) is 17.2. The largest absolute Gasteiger partial charge is 0.389 e. The standard InChI is InChI=1S/C24H32N4O2/c1-19-6-5-9-21(16-19)28-14-12-27(13-15-28)18-23(30)26-24(10-11-25-17-22(24)29)20-7-3-2-4-8-20/h2-9,16,22,25,29H,10-15,17-18H2,1H3,(H,26,30)/t22-,24+/m1/s1. The van der Waals surface area contributed by atoms with Crippen molar-refractivity contribution in [1.82, 2.24) is 15.5 Å². The number of carbonyl (C=O) groups is 1. The van der Waals surface area contributed by atoms with Gasteiger partial charge < -0.3 is 20.6 Å². The first-order chi connectivity index (χ1) is 14.6. The Kier molecular flexibility index (Phi) is 6.37. The average Bonchev–Trinajstić information content (AvgIpc) is 2.76. The smallest absolute Gasteiger partial charge is 0.234 e. The van der Waals surface area contributed by atoms with Gasteiger partial charge in [0.15, 0.2) is 0 Å². The summed E-state index contributed by atoms with van der Waals surface area (Å²) in [6.07, 6.45) is 0.0150. The lowest BCUT2D eigenvalue weighted by atomic mass is 9.79. The Balaban J connectivity index is 1.38. The van der Waals surface area contributed by atoms with E-state index in [1.54, 1.807) is 0 Å². The SMILES string of the molecule is Cc1cccc(N2CCN(CC(=O)N[C@]3(c4ccccc4)CCNC[C@H]3O)CC2)c1. The molecule has 2 aromatic carbocycles. The van der Waals surface area contributed by atoms with E-state index in [9.17, 15) is 9.90 Å². The van der Waals surface area contributed by atoms with Gasteiger partial charge in [-0.2, -0.15) is 0 Å². The molecule has 2 heterocycles. The molecule has 0 radical (unpaired) electrons. The molecule has 2 aromatic rings. The molecule has 0 aromatic heterocycles. The number of anilines is 1. The molecule has 0 unspecified atom stereocenters. The highest BCUT2D eigenvalue weighted by atomic mass is 16.3. The van der Waals surface area contributed by atoms with Crippen molar-refractivity contribution >= 4 is 11.6 Å². The third-order valence-corrected chi connectivity index (χ3v) is 6.36. The number of hydrogen-bond donors (Lipinski definition) is 3. The number of piperazine rings is 1. The molecule has 0 spiro atoms. The summed E-state index contributed by atoms with van der Waals surface area (Å²) >= 11 is 0. The second-order valence-corrected chi connectivity index (χ2v) is 8.46. The fraction of sp³-hybridized carbons (Fsp3) is 0.458. The van der Waals surface area contributed by atoms with Crippen molar-refractivity contribution in [2.75, 3.05) is 50.7 Å². The molecule has 160 valence electrons. The Hall–Kier alpha value is -2.41. The van der Waals surface area contributed by atoms with Gasteiger partial charge in [0, 0.05) is 38.4 Å². The first kappa shape index (κ1) is 20.8. The zero-order valence-corrected chi connectivity index (χ0v) is 17.7. The van der Waals surface area contributed by atoms with E-state index in [2.05, 4.69) is 51.6 Å². The van der Waals surface area contributed by atoms with Gasteiger partial charge in [0.2, 0.25) is 5.91 Å². The molecule has 2 saturated heterocycles. The number of β-amino-alcohol motifs (C(OH)–C–C–N with tert-alkyl or cyclic N) is 1. The molecule has 0 saturated carbocycles. The number of nitrogens with zero attached hydrogens (tertiary/aromatic N) is 2. The number of aliphatic hydroxyl groups is 1. The molecule has 30 heavy (non-hydrogen) atoms. The lowest BCUT2D eigenvalue weighted by molar-refractivity contribution is -0.127. The second-order valence-electron chi connectivity index (χ2n) is 8.46. The summed E-state index contributed by atoms with van der Waals surface area (Å²) in [5.41, 5.74) is 2.75. The maximum Gasteiger partial charge on any atom is 0.234 e. The van der Waals surface area contributed by atoms with Gasteiger partial charge in [-0.3, -0.25) is 9.69 Å². The molecular formula is C24H32N4O2. The molecule has 3 N–H and O–H groups in total. The van der Waals surface area contributed by atoms with E-state index in [0.717, 1.165) is 38.3 Å². The van der Waals surface area contributed by atoms with Crippen LogP contribution >= 0.6 is 0 Å². The van der Waals surface area contributed by atoms with E-state index in [4.69, 9.17) is 0 Å². The maximum absolute atomic E-state index is 13.0. The highest BCUT2D eigenvalue weighted by Gasteiger charge is 2.42. The summed E-state index contributed by atoms with van der Waals surface area (Å²) in [6, 6.07) is 18.4. The topological polar surface area (TPSA) is 67.8 Å². The van der Waals surface area contributed by atoms with Gasteiger partial charge in [0.25, 0.3) is 0 Å². The normalized spacial score (nSPS) is 25.1. The first-order valence-electron chi connectivity index (χ1n) is 10.9. The van der Waals surface area contributed by atoms with Gasteiger partial charge in [-0.1, -0.05) is 42.5 Å². The van der Waals surface area contributed by atoms with E-state index in [1.807, 2.05) is 30.3 Å². The van der Waals surface area contributed by atoms with Gasteiger partial charge in [-0.05, 0) is 43.1 Å². The molecule has 6 nitrogen and oxygen atoms in total. The Morgan fingerprint density at radius 1 is 1.13 bits per heavy atom. The number of benzene rings is 2. The lowest BCUT2D eigenvalue weighted by Crippen LogP contribution is -2.62. The monoisotopic (exact) mass is 408 g/mol. The number of aliphatic hydroxyl groups excluding tert-OH is 1. The minimum Gasteiger partial charge on any atom is -0.389 e. The molecule has 2 fully saturated rings. The average molecular weight is 409 g/mol. The quantitative estimate of drug-likeness (QED) is 0.699. The summed E-state index contributed by atoms with van der Waals surface area (Å²) in [6.45, 7) is 7.23. The summed E-state index contributed by atoms with van der Waals surface area (Å²) in [7, 11) is 0. The van der Waals surface area contributed by atoms with Crippen LogP contribution in [0.3, 0.4) is 0 Å². The number of amides is 1. The molecular weight excluding hydrogens is 376 g/mol. The molecule has 6 heteroatoms. The number of carbonyl (C=O) groups excluding carboxylic acids is 1. The van der Waals surface area contributed by atoms with E-state index in [-0.39, 0.29) is 5.91 Å². The molecule has 0 bridgehead atoms. The van der Waals surface area contributed by atoms with Crippen LogP contribution in [0.15, 0.2) is 54.6 Å². The molecule has 0 aliphatic carbocycles.